The quantitative estimate of drug-likeness (QED) is 0.481. The van der Waals surface area contributed by atoms with Crippen LogP contribution in [0.3, 0.4) is 0 Å². The van der Waals surface area contributed by atoms with Crippen molar-refractivity contribution < 1.29 is 40.2 Å². The Balaban J connectivity index is 0.00000133. The van der Waals surface area contributed by atoms with Crippen LogP contribution in [-0.2, 0) is 4.74 Å². The van der Waals surface area contributed by atoms with E-state index in [2.05, 4.69) is 4.98 Å². The molecule has 6 nitrogen and oxygen atoms in total. The Morgan fingerprint density at radius 3 is 2.84 bits per heavy atom. The van der Waals surface area contributed by atoms with Crippen molar-refractivity contribution in [3.05, 3.63) is 22.7 Å². The molecule has 2 fully saturated rings. The van der Waals surface area contributed by atoms with Gasteiger partial charge in [-0.15, -0.1) is 0 Å². The zero-order valence-corrected chi connectivity index (χ0v) is 11.2. The first-order valence-electron chi connectivity index (χ1n) is 5.49. The summed E-state index contributed by atoms with van der Waals surface area (Å²) in [6, 6.07) is 1.44. The largest absolute Gasteiger partial charge is 1.00 e. The van der Waals surface area contributed by atoms with E-state index in [-0.39, 0.29) is 29.2 Å². The summed E-state index contributed by atoms with van der Waals surface area (Å²) in [7, 11) is 0. The van der Waals surface area contributed by atoms with Crippen molar-refractivity contribution in [2.45, 2.75) is 24.2 Å². The summed E-state index contributed by atoms with van der Waals surface area (Å²) in [6.45, 7) is -0.755. The molecular formula is C10H12BrF2N3O3. The summed E-state index contributed by atoms with van der Waals surface area (Å²) in [5.74, 6) is -3.87. The van der Waals surface area contributed by atoms with Gasteiger partial charge in [0.05, 0.1) is 12.5 Å². The number of aliphatic hydroxyl groups excluding tert-OH is 1. The molecule has 0 spiro atoms. The van der Waals surface area contributed by atoms with Crippen LogP contribution in [0, 0.1) is 5.92 Å². The maximum absolute atomic E-state index is 13.4. The van der Waals surface area contributed by atoms with E-state index in [1.54, 1.807) is 0 Å². The first kappa shape index (κ1) is 14.4. The molecule has 3 atom stereocenters. The van der Waals surface area contributed by atoms with Crippen LogP contribution < -0.4 is 33.0 Å². The third-order valence-corrected chi connectivity index (χ3v) is 3.71. The standard InChI is InChI=1S/C10H11F2N3O3.BrH/c11-10(12)5-3-7(18-9(5,10)4-16)15-2-1-6(13)14-8(15)17;/h1-2,5,7,16H,3-4H2,(H2,13,14,17);1H/t5-,7+,9+;/m0./s1. The average molecular weight is 340 g/mol. The number of ether oxygens (including phenoxy) is 1. The van der Waals surface area contributed by atoms with Crippen molar-refractivity contribution in [1.29, 1.82) is 0 Å². The van der Waals surface area contributed by atoms with Crippen molar-refractivity contribution >= 4 is 5.82 Å². The van der Waals surface area contributed by atoms with Gasteiger partial charge < -0.3 is 32.6 Å². The summed E-state index contributed by atoms with van der Waals surface area (Å²) in [6.07, 6.45) is 0.573. The maximum atomic E-state index is 13.4. The number of hydrogen-bond donors (Lipinski definition) is 3. The van der Waals surface area contributed by atoms with Gasteiger partial charge in [0.1, 0.15) is 6.20 Å². The average Bonchev–Trinajstić information content (AvgIpc) is 2.63. The van der Waals surface area contributed by atoms with Crippen molar-refractivity contribution in [2.75, 3.05) is 12.3 Å². The van der Waals surface area contributed by atoms with Gasteiger partial charge in [-0.05, 0) is 0 Å². The molecule has 106 valence electrons. The lowest BCUT2D eigenvalue weighted by atomic mass is 10.2. The fourth-order valence-corrected chi connectivity index (χ4v) is 2.61. The number of aromatic amines is 1. The number of anilines is 1. The number of halogens is 3. The Morgan fingerprint density at radius 1 is 1.63 bits per heavy atom. The number of rotatable bonds is 2. The Morgan fingerprint density at radius 2 is 2.32 bits per heavy atom. The van der Waals surface area contributed by atoms with E-state index in [0.717, 1.165) is 4.57 Å². The number of nitrogens with zero attached hydrogens (tertiary/aromatic N) is 1. The number of aromatic nitrogens is 2. The highest BCUT2D eigenvalue weighted by Gasteiger charge is 2.86. The van der Waals surface area contributed by atoms with E-state index in [1.807, 2.05) is 0 Å². The van der Waals surface area contributed by atoms with Crippen LogP contribution in [0.2, 0.25) is 0 Å². The number of H-pyrrole nitrogens is 1. The Bertz CT molecular complexity index is 567. The fourth-order valence-electron chi connectivity index (χ4n) is 2.61. The smallest absolute Gasteiger partial charge is 0.499 e. The summed E-state index contributed by atoms with van der Waals surface area (Å²) < 4.78 is 33.1. The van der Waals surface area contributed by atoms with Gasteiger partial charge in [-0.2, -0.15) is 14.3 Å². The SMILES string of the molecule is Nc1cc[n+]([C@H]2C[C@@H]3C(F)(F)[C@]3(CO)O2)c(=O)[nH]1.[Br-]. The second-order valence-corrected chi connectivity index (χ2v) is 4.64. The lowest BCUT2D eigenvalue weighted by molar-refractivity contribution is -0.777. The summed E-state index contributed by atoms with van der Waals surface area (Å²) in [5.41, 5.74) is 3.04. The topological polar surface area (TPSA) is 92.2 Å². The highest BCUT2D eigenvalue weighted by Crippen LogP contribution is 2.68. The number of aliphatic hydroxyl groups is 1. The number of nitrogens with one attached hydrogen (secondary N) is 1. The molecule has 0 amide bonds. The predicted molar refractivity (Wildman–Crippen MR) is 54.7 cm³/mol. The zero-order valence-electron chi connectivity index (χ0n) is 9.65. The van der Waals surface area contributed by atoms with Gasteiger partial charge in [0.2, 0.25) is 6.23 Å². The van der Waals surface area contributed by atoms with Crippen molar-refractivity contribution in [2.24, 2.45) is 5.92 Å². The van der Waals surface area contributed by atoms with Crippen LogP contribution >= 0.6 is 0 Å². The van der Waals surface area contributed by atoms with Gasteiger partial charge in [0.15, 0.2) is 11.4 Å². The Hall–Kier alpha value is -1.06. The Kier molecular flexibility index (Phi) is 3.19. The van der Waals surface area contributed by atoms with Gasteiger partial charge in [-0.1, -0.05) is 0 Å². The van der Waals surface area contributed by atoms with E-state index in [4.69, 9.17) is 15.6 Å². The number of nitrogens with two attached hydrogens (primary N) is 1. The summed E-state index contributed by atoms with van der Waals surface area (Å²) in [5, 5.41) is 9.06. The van der Waals surface area contributed by atoms with Crippen molar-refractivity contribution in [3.63, 3.8) is 0 Å². The molecule has 1 saturated heterocycles. The molecule has 0 bridgehead atoms. The molecule has 9 heteroatoms. The minimum absolute atomic E-state index is 0. The molecule has 1 aromatic heterocycles. The Labute approximate surface area is 117 Å². The molecule has 2 aliphatic rings. The second kappa shape index (κ2) is 4.22. The zero-order chi connectivity index (χ0) is 13.1. The predicted octanol–water partition coefficient (Wildman–Crippen LogP) is -3.84. The highest BCUT2D eigenvalue weighted by molar-refractivity contribution is 5.24. The molecule has 0 unspecified atom stereocenters. The van der Waals surface area contributed by atoms with Gasteiger partial charge in [-0.25, -0.2) is 8.78 Å². The van der Waals surface area contributed by atoms with Gasteiger partial charge in [-0.3, -0.25) is 0 Å². The van der Waals surface area contributed by atoms with E-state index >= 15 is 0 Å². The van der Waals surface area contributed by atoms with Gasteiger partial charge in [0.25, 0.3) is 5.92 Å². The number of alkyl halides is 2. The normalized spacial score (nSPS) is 34.5. The number of hydrogen-bond acceptors (Lipinski definition) is 4. The van der Waals surface area contributed by atoms with Crippen molar-refractivity contribution in [3.8, 4) is 0 Å². The van der Waals surface area contributed by atoms with Gasteiger partial charge in [0, 0.05) is 12.5 Å². The first-order valence-corrected chi connectivity index (χ1v) is 5.49. The summed E-state index contributed by atoms with van der Waals surface area (Å²) in [4.78, 5) is 14.0. The fraction of sp³-hybridized carbons (Fsp3) is 0.600. The molecule has 1 aromatic rings. The van der Waals surface area contributed by atoms with Crippen LogP contribution in [0.15, 0.2) is 17.1 Å². The molecule has 19 heavy (non-hydrogen) atoms. The third kappa shape index (κ3) is 1.72. The van der Waals surface area contributed by atoms with E-state index in [9.17, 15) is 13.6 Å². The van der Waals surface area contributed by atoms with Crippen LogP contribution in [-0.4, -0.2) is 28.2 Å². The van der Waals surface area contributed by atoms with Crippen LogP contribution in [0.4, 0.5) is 14.6 Å². The molecule has 1 aliphatic heterocycles. The van der Waals surface area contributed by atoms with Gasteiger partial charge >= 0.3 is 5.69 Å². The lowest BCUT2D eigenvalue weighted by Crippen LogP contribution is -3.00. The number of fused-ring (bicyclic) bond motifs is 1. The van der Waals surface area contributed by atoms with Crippen LogP contribution in [0.1, 0.15) is 12.6 Å². The first-order chi connectivity index (χ1) is 8.42. The molecule has 4 N–H and O–H groups in total. The third-order valence-electron chi connectivity index (χ3n) is 3.71. The van der Waals surface area contributed by atoms with E-state index in [1.165, 1.54) is 12.3 Å². The van der Waals surface area contributed by atoms with Crippen LogP contribution in [0.5, 0.6) is 0 Å². The molecular weight excluding hydrogens is 328 g/mol. The molecule has 1 saturated carbocycles. The lowest BCUT2D eigenvalue weighted by Gasteiger charge is -2.17. The summed E-state index contributed by atoms with van der Waals surface area (Å²) >= 11 is 0. The molecule has 0 radical (unpaired) electrons. The monoisotopic (exact) mass is 339 g/mol. The minimum atomic E-state index is -3.01. The molecule has 0 aromatic carbocycles. The van der Waals surface area contributed by atoms with Crippen LogP contribution in [0.25, 0.3) is 0 Å². The van der Waals surface area contributed by atoms with E-state index < -0.39 is 36.0 Å². The maximum Gasteiger partial charge on any atom is 0.499 e. The second-order valence-electron chi connectivity index (χ2n) is 4.64. The molecule has 3 rings (SSSR count). The molecule has 1 aliphatic carbocycles. The highest BCUT2D eigenvalue weighted by atomic mass is 79.9. The molecule has 2 heterocycles. The van der Waals surface area contributed by atoms with Crippen molar-refractivity contribution in [1.82, 2.24) is 4.98 Å². The minimum Gasteiger partial charge on any atom is -1.00 e. The number of nitrogen functional groups attached to an aromatic ring is 1. The van der Waals surface area contributed by atoms with E-state index in [0.29, 0.717) is 0 Å².